The van der Waals surface area contributed by atoms with Crippen molar-refractivity contribution in [1.82, 2.24) is 20.1 Å². The van der Waals surface area contributed by atoms with Crippen LogP contribution in [0.1, 0.15) is 33.3 Å². The number of nitrogens with one attached hydrogen (secondary N) is 1. The van der Waals surface area contributed by atoms with Gasteiger partial charge in [-0.2, -0.15) is 0 Å². The minimum absolute atomic E-state index is 0.0384. The SMILES string of the molecule is CC1=C(C(=O)O)C(C(C)C)C(C(=O)OCCN2CCN(Cc3cccnc3)CC2)=C(C)N1. The molecule has 1 unspecified atom stereocenters. The Hall–Kier alpha value is -2.71. The van der Waals surface area contributed by atoms with Crippen molar-refractivity contribution in [3.8, 4) is 0 Å². The molecule has 1 aromatic heterocycles. The first-order chi connectivity index (χ1) is 15.3. The van der Waals surface area contributed by atoms with Crippen LogP contribution in [-0.4, -0.2) is 71.2 Å². The first-order valence-electron chi connectivity index (χ1n) is 11.2. The molecule has 0 spiro atoms. The minimum Gasteiger partial charge on any atom is -0.478 e. The van der Waals surface area contributed by atoms with Gasteiger partial charge in [-0.15, -0.1) is 0 Å². The lowest BCUT2D eigenvalue weighted by Crippen LogP contribution is -2.47. The van der Waals surface area contributed by atoms with E-state index in [0.29, 0.717) is 23.5 Å². The van der Waals surface area contributed by atoms with E-state index in [1.165, 1.54) is 5.56 Å². The summed E-state index contributed by atoms with van der Waals surface area (Å²) in [5.74, 6) is -1.97. The molecule has 8 heteroatoms. The highest BCUT2D eigenvalue weighted by Crippen LogP contribution is 2.35. The van der Waals surface area contributed by atoms with Gasteiger partial charge < -0.3 is 15.2 Å². The van der Waals surface area contributed by atoms with Crippen molar-refractivity contribution in [3.05, 3.63) is 52.6 Å². The highest BCUT2D eigenvalue weighted by molar-refractivity contribution is 5.97. The third-order valence-electron chi connectivity index (χ3n) is 6.16. The summed E-state index contributed by atoms with van der Waals surface area (Å²) in [6.07, 6.45) is 3.69. The van der Waals surface area contributed by atoms with Gasteiger partial charge in [0.2, 0.25) is 0 Å². The van der Waals surface area contributed by atoms with Crippen molar-refractivity contribution in [2.24, 2.45) is 11.8 Å². The second-order valence-electron chi connectivity index (χ2n) is 8.84. The Morgan fingerprint density at radius 1 is 1.16 bits per heavy atom. The molecule has 1 fully saturated rings. The predicted octanol–water partition coefficient (Wildman–Crippen LogP) is 2.25. The second-order valence-corrected chi connectivity index (χ2v) is 8.84. The smallest absolute Gasteiger partial charge is 0.336 e. The number of hydrogen-bond acceptors (Lipinski definition) is 7. The fourth-order valence-corrected chi connectivity index (χ4v) is 4.53. The van der Waals surface area contributed by atoms with Crippen molar-refractivity contribution < 1.29 is 19.4 Å². The zero-order valence-electron chi connectivity index (χ0n) is 19.4. The van der Waals surface area contributed by atoms with Crippen LogP contribution >= 0.6 is 0 Å². The summed E-state index contributed by atoms with van der Waals surface area (Å²) in [6, 6.07) is 4.05. The standard InChI is InChI=1S/C24H34N4O4/c1-16(2)20-21(23(29)30)17(3)26-18(4)22(20)24(31)32-13-12-27-8-10-28(11-9-27)15-19-6-5-7-25-14-19/h5-7,14,16,20,26H,8-13,15H2,1-4H3,(H,29,30). The van der Waals surface area contributed by atoms with Gasteiger partial charge in [0.15, 0.2) is 0 Å². The van der Waals surface area contributed by atoms with Crippen molar-refractivity contribution in [2.75, 3.05) is 39.3 Å². The molecule has 32 heavy (non-hydrogen) atoms. The van der Waals surface area contributed by atoms with Crippen LogP contribution in [-0.2, 0) is 20.9 Å². The Kier molecular flexibility index (Phi) is 8.04. The normalized spacial score (nSPS) is 20.5. The van der Waals surface area contributed by atoms with E-state index in [-0.39, 0.29) is 18.1 Å². The zero-order valence-corrected chi connectivity index (χ0v) is 19.4. The van der Waals surface area contributed by atoms with Crippen molar-refractivity contribution in [3.63, 3.8) is 0 Å². The number of nitrogens with zero attached hydrogens (tertiary/aromatic N) is 3. The lowest BCUT2D eigenvalue weighted by Gasteiger charge is -2.34. The minimum atomic E-state index is -1.00. The summed E-state index contributed by atoms with van der Waals surface area (Å²) >= 11 is 0. The molecular formula is C24H34N4O4. The number of carbonyl (C=O) groups is 2. The summed E-state index contributed by atoms with van der Waals surface area (Å²) in [5, 5.41) is 12.7. The van der Waals surface area contributed by atoms with Crippen LogP contribution in [0.5, 0.6) is 0 Å². The molecule has 0 saturated carbocycles. The molecule has 1 aromatic rings. The number of hydrogen-bond donors (Lipinski definition) is 2. The Bertz CT molecular complexity index is 887. The van der Waals surface area contributed by atoms with E-state index in [1.807, 2.05) is 26.1 Å². The average Bonchev–Trinajstić information content (AvgIpc) is 2.74. The maximum Gasteiger partial charge on any atom is 0.336 e. The number of carboxylic acids is 1. The van der Waals surface area contributed by atoms with Gasteiger partial charge in [0, 0.05) is 69.0 Å². The Labute approximate surface area is 189 Å². The van der Waals surface area contributed by atoms with Crippen molar-refractivity contribution in [1.29, 1.82) is 0 Å². The number of carboxylic acid groups (broad SMARTS) is 1. The summed E-state index contributed by atoms with van der Waals surface area (Å²) in [5.41, 5.74) is 3.12. The maximum atomic E-state index is 12.9. The number of aliphatic carboxylic acids is 1. The van der Waals surface area contributed by atoms with Gasteiger partial charge in [-0.3, -0.25) is 14.8 Å². The van der Waals surface area contributed by atoms with Gasteiger partial charge in [0.25, 0.3) is 0 Å². The quantitative estimate of drug-likeness (QED) is 0.592. The molecule has 2 aliphatic rings. The molecule has 0 aliphatic carbocycles. The molecule has 3 rings (SSSR count). The lowest BCUT2D eigenvalue weighted by molar-refractivity contribution is -0.140. The molecule has 2 aliphatic heterocycles. The third kappa shape index (κ3) is 5.75. The molecule has 1 atom stereocenters. The topological polar surface area (TPSA) is 95.0 Å². The van der Waals surface area contributed by atoms with E-state index in [9.17, 15) is 14.7 Å². The van der Waals surface area contributed by atoms with Crippen LogP contribution < -0.4 is 5.32 Å². The van der Waals surface area contributed by atoms with E-state index in [1.54, 1.807) is 20.0 Å². The Morgan fingerprint density at radius 2 is 1.81 bits per heavy atom. The lowest BCUT2D eigenvalue weighted by atomic mass is 9.78. The van der Waals surface area contributed by atoms with E-state index in [4.69, 9.17) is 4.74 Å². The fourth-order valence-electron chi connectivity index (χ4n) is 4.53. The third-order valence-corrected chi connectivity index (χ3v) is 6.16. The number of aromatic nitrogens is 1. The Morgan fingerprint density at radius 3 is 2.41 bits per heavy atom. The van der Waals surface area contributed by atoms with Gasteiger partial charge in [-0.25, -0.2) is 9.59 Å². The van der Waals surface area contributed by atoms with Crippen LogP contribution in [0.15, 0.2) is 47.1 Å². The second kappa shape index (κ2) is 10.7. The molecule has 0 aromatic carbocycles. The molecule has 2 N–H and O–H groups in total. The number of ether oxygens (including phenoxy) is 1. The summed E-state index contributed by atoms with van der Waals surface area (Å²) in [7, 11) is 0. The number of carbonyl (C=O) groups excluding carboxylic acids is 1. The largest absolute Gasteiger partial charge is 0.478 e. The maximum absolute atomic E-state index is 12.9. The van der Waals surface area contributed by atoms with Gasteiger partial charge in [0.1, 0.15) is 6.61 Å². The van der Waals surface area contributed by atoms with E-state index < -0.39 is 17.9 Å². The molecule has 0 radical (unpaired) electrons. The fraction of sp³-hybridized carbons (Fsp3) is 0.542. The van der Waals surface area contributed by atoms with Crippen LogP contribution in [0.2, 0.25) is 0 Å². The number of rotatable bonds is 8. The molecule has 1 saturated heterocycles. The van der Waals surface area contributed by atoms with Crippen LogP contribution in [0, 0.1) is 11.8 Å². The molecule has 3 heterocycles. The average molecular weight is 443 g/mol. The first kappa shape index (κ1) is 23.9. The molecule has 0 bridgehead atoms. The van der Waals surface area contributed by atoms with E-state index in [2.05, 4.69) is 26.2 Å². The monoisotopic (exact) mass is 442 g/mol. The number of esters is 1. The summed E-state index contributed by atoms with van der Waals surface area (Å²) in [4.78, 5) is 33.6. The first-order valence-corrected chi connectivity index (χ1v) is 11.2. The van der Waals surface area contributed by atoms with Gasteiger partial charge in [0.05, 0.1) is 11.1 Å². The Balaban J connectivity index is 1.50. The van der Waals surface area contributed by atoms with Crippen molar-refractivity contribution in [2.45, 2.75) is 34.2 Å². The molecular weight excluding hydrogens is 408 g/mol. The van der Waals surface area contributed by atoms with E-state index >= 15 is 0 Å². The number of dihydropyridines is 1. The highest BCUT2D eigenvalue weighted by Gasteiger charge is 2.37. The molecule has 0 amide bonds. The number of allylic oxidation sites excluding steroid dienone is 2. The highest BCUT2D eigenvalue weighted by atomic mass is 16.5. The molecule has 174 valence electrons. The summed E-state index contributed by atoms with van der Waals surface area (Å²) < 4.78 is 5.61. The number of piperazine rings is 1. The van der Waals surface area contributed by atoms with Gasteiger partial charge >= 0.3 is 11.9 Å². The van der Waals surface area contributed by atoms with Gasteiger partial charge in [-0.05, 0) is 31.4 Å². The zero-order chi connectivity index (χ0) is 23.3. The van der Waals surface area contributed by atoms with Crippen LogP contribution in [0.3, 0.4) is 0 Å². The predicted molar refractivity (Wildman–Crippen MR) is 121 cm³/mol. The van der Waals surface area contributed by atoms with Crippen LogP contribution in [0.4, 0.5) is 0 Å². The number of pyridine rings is 1. The van der Waals surface area contributed by atoms with Gasteiger partial charge in [-0.1, -0.05) is 19.9 Å². The van der Waals surface area contributed by atoms with Crippen LogP contribution in [0.25, 0.3) is 0 Å². The van der Waals surface area contributed by atoms with Crippen molar-refractivity contribution >= 4 is 11.9 Å². The van der Waals surface area contributed by atoms with E-state index in [0.717, 1.165) is 32.7 Å². The summed E-state index contributed by atoms with van der Waals surface area (Å²) in [6.45, 7) is 13.0. The molecule has 8 nitrogen and oxygen atoms in total.